The van der Waals surface area contributed by atoms with Crippen molar-refractivity contribution in [1.29, 1.82) is 0 Å². The maximum atomic E-state index is 11.7. The minimum atomic E-state index is -3.06. The molecule has 0 saturated carbocycles. The number of benzene rings is 1. The van der Waals surface area contributed by atoms with Crippen LogP contribution in [0.15, 0.2) is 30.3 Å². The molecule has 0 bridgehead atoms. The predicted molar refractivity (Wildman–Crippen MR) is 86.4 cm³/mol. The van der Waals surface area contributed by atoms with E-state index in [-0.39, 0.29) is 0 Å². The van der Waals surface area contributed by atoms with Crippen LogP contribution in [-0.4, -0.2) is 38.6 Å². The molecule has 0 spiro atoms. The summed E-state index contributed by atoms with van der Waals surface area (Å²) >= 11 is 0. The van der Waals surface area contributed by atoms with Crippen LogP contribution in [0, 0.1) is 11.8 Å². The maximum Gasteiger partial charge on any atom is 0.211 e. The van der Waals surface area contributed by atoms with Gasteiger partial charge in [0.2, 0.25) is 10.0 Å². The summed E-state index contributed by atoms with van der Waals surface area (Å²) in [6.45, 7) is 1.98. The van der Waals surface area contributed by atoms with Crippen molar-refractivity contribution >= 4 is 10.0 Å². The molecule has 0 aromatic heterocycles. The molecule has 1 aromatic carbocycles. The van der Waals surface area contributed by atoms with E-state index >= 15 is 0 Å². The molecule has 4 nitrogen and oxygen atoms in total. The van der Waals surface area contributed by atoms with Crippen molar-refractivity contribution < 1.29 is 8.42 Å². The molecule has 0 amide bonds. The second-order valence-electron chi connectivity index (χ2n) is 6.16. The molecule has 1 aliphatic rings. The lowest BCUT2D eigenvalue weighted by Gasteiger charge is -2.32. The minimum Gasteiger partial charge on any atom is -0.330 e. The van der Waals surface area contributed by atoms with Crippen molar-refractivity contribution in [2.45, 2.75) is 25.7 Å². The maximum absolute atomic E-state index is 11.7. The molecular formula is C16H26N2O2S. The summed E-state index contributed by atoms with van der Waals surface area (Å²) in [5.74, 6) is 0.864. The molecule has 2 rings (SSSR count). The molecule has 1 aliphatic heterocycles. The van der Waals surface area contributed by atoms with Gasteiger partial charge in [0.25, 0.3) is 0 Å². The van der Waals surface area contributed by atoms with Gasteiger partial charge in [0.05, 0.1) is 6.26 Å². The fourth-order valence-electron chi connectivity index (χ4n) is 3.20. The van der Waals surface area contributed by atoms with Crippen molar-refractivity contribution in [3.05, 3.63) is 35.9 Å². The Morgan fingerprint density at radius 3 is 2.67 bits per heavy atom. The molecule has 1 fully saturated rings. The summed E-state index contributed by atoms with van der Waals surface area (Å²) in [5.41, 5.74) is 7.24. The summed E-state index contributed by atoms with van der Waals surface area (Å²) in [6, 6.07) is 10.4. The van der Waals surface area contributed by atoms with Crippen LogP contribution in [0.4, 0.5) is 0 Å². The van der Waals surface area contributed by atoms with Crippen molar-refractivity contribution in [2.24, 2.45) is 17.6 Å². The van der Waals surface area contributed by atoms with Crippen LogP contribution >= 0.6 is 0 Å². The van der Waals surface area contributed by atoms with Crippen molar-refractivity contribution in [3.63, 3.8) is 0 Å². The van der Waals surface area contributed by atoms with Crippen molar-refractivity contribution in [1.82, 2.24) is 4.31 Å². The quantitative estimate of drug-likeness (QED) is 0.872. The first kappa shape index (κ1) is 16.5. The predicted octanol–water partition coefficient (Wildman–Crippen LogP) is 1.87. The van der Waals surface area contributed by atoms with E-state index in [4.69, 9.17) is 5.73 Å². The Hall–Kier alpha value is -0.910. The second-order valence-corrected chi connectivity index (χ2v) is 8.14. The summed E-state index contributed by atoms with van der Waals surface area (Å²) < 4.78 is 25.0. The highest BCUT2D eigenvalue weighted by Gasteiger charge is 2.27. The summed E-state index contributed by atoms with van der Waals surface area (Å²) in [7, 11) is -3.06. The first-order chi connectivity index (χ1) is 9.99. The van der Waals surface area contributed by atoms with Gasteiger partial charge in [-0.2, -0.15) is 0 Å². The average Bonchev–Trinajstić information content (AvgIpc) is 2.47. The average molecular weight is 310 g/mol. The van der Waals surface area contributed by atoms with E-state index in [0.29, 0.717) is 31.5 Å². The summed E-state index contributed by atoms with van der Waals surface area (Å²) in [6.07, 6.45) is 5.36. The first-order valence-electron chi connectivity index (χ1n) is 7.68. The van der Waals surface area contributed by atoms with Crippen LogP contribution in [0.3, 0.4) is 0 Å². The molecule has 1 saturated heterocycles. The fourth-order valence-corrected chi connectivity index (χ4v) is 4.14. The molecule has 2 unspecified atom stereocenters. The van der Waals surface area contributed by atoms with Gasteiger partial charge >= 0.3 is 0 Å². The number of nitrogens with zero attached hydrogens (tertiary/aromatic N) is 1. The number of nitrogens with two attached hydrogens (primary N) is 1. The zero-order chi connectivity index (χ0) is 15.3. The SMILES string of the molecule is CS(=O)(=O)N1CCCC(CC(CN)Cc2ccccc2)C1. The van der Waals surface area contributed by atoms with Gasteiger partial charge in [-0.3, -0.25) is 0 Å². The molecule has 2 atom stereocenters. The number of piperidine rings is 1. The number of rotatable bonds is 6. The van der Waals surface area contributed by atoms with Gasteiger partial charge in [-0.25, -0.2) is 12.7 Å². The Morgan fingerprint density at radius 1 is 1.33 bits per heavy atom. The highest BCUT2D eigenvalue weighted by atomic mass is 32.2. The molecule has 5 heteroatoms. The lowest BCUT2D eigenvalue weighted by atomic mass is 9.86. The van der Waals surface area contributed by atoms with Gasteiger partial charge in [-0.1, -0.05) is 30.3 Å². The lowest BCUT2D eigenvalue weighted by Crippen LogP contribution is -2.40. The Balaban J connectivity index is 1.92. The lowest BCUT2D eigenvalue weighted by molar-refractivity contribution is 0.231. The van der Waals surface area contributed by atoms with E-state index in [1.54, 1.807) is 4.31 Å². The second kappa shape index (κ2) is 7.38. The molecule has 118 valence electrons. The highest BCUT2D eigenvalue weighted by molar-refractivity contribution is 7.88. The Bertz CT molecular complexity index is 530. The van der Waals surface area contributed by atoms with E-state index in [9.17, 15) is 8.42 Å². The van der Waals surface area contributed by atoms with Gasteiger partial charge in [-0.15, -0.1) is 0 Å². The normalized spacial score (nSPS) is 22.1. The van der Waals surface area contributed by atoms with E-state index in [1.807, 2.05) is 6.07 Å². The molecule has 21 heavy (non-hydrogen) atoms. The molecule has 0 aliphatic carbocycles. The number of sulfonamides is 1. The van der Waals surface area contributed by atoms with Crippen LogP contribution in [0.1, 0.15) is 24.8 Å². The Kier molecular flexibility index (Phi) is 5.79. The monoisotopic (exact) mass is 310 g/mol. The molecule has 1 aromatic rings. The van der Waals surface area contributed by atoms with Gasteiger partial charge < -0.3 is 5.73 Å². The van der Waals surface area contributed by atoms with Crippen molar-refractivity contribution in [3.8, 4) is 0 Å². The third-order valence-electron chi connectivity index (χ3n) is 4.32. The zero-order valence-corrected chi connectivity index (χ0v) is 13.6. The standard InChI is InChI=1S/C16H26N2O2S/c1-21(19,20)18-9-5-8-15(13-18)11-16(12-17)10-14-6-3-2-4-7-14/h2-4,6-7,15-16H,5,8-13,17H2,1H3. The van der Waals surface area contributed by atoms with Crippen LogP contribution < -0.4 is 5.73 Å². The van der Waals surface area contributed by atoms with Crippen molar-refractivity contribution in [2.75, 3.05) is 25.9 Å². The topological polar surface area (TPSA) is 63.4 Å². The van der Waals surface area contributed by atoms with E-state index in [2.05, 4.69) is 24.3 Å². The third kappa shape index (κ3) is 5.09. The zero-order valence-electron chi connectivity index (χ0n) is 12.7. The van der Waals surface area contributed by atoms with Gasteiger partial charge in [-0.05, 0) is 49.6 Å². The van der Waals surface area contributed by atoms with E-state index < -0.39 is 10.0 Å². The first-order valence-corrected chi connectivity index (χ1v) is 9.53. The van der Waals surface area contributed by atoms with Gasteiger partial charge in [0.15, 0.2) is 0 Å². The van der Waals surface area contributed by atoms with Crippen LogP contribution in [0.25, 0.3) is 0 Å². The molecule has 1 heterocycles. The summed E-state index contributed by atoms with van der Waals surface area (Å²) in [5, 5.41) is 0. The Morgan fingerprint density at radius 2 is 2.05 bits per heavy atom. The molecule has 2 N–H and O–H groups in total. The fraction of sp³-hybridized carbons (Fsp3) is 0.625. The summed E-state index contributed by atoms with van der Waals surface area (Å²) in [4.78, 5) is 0. The number of hydrogen-bond donors (Lipinski definition) is 1. The van der Waals surface area contributed by atoms with Gasteiger partial charge in [0.1, 0.15) is 0 Å². The minimum absolute atomic E-state index is 0.428. The van der Waals surface area contributed by atoms with Gasteiger partial charge in [0, 0.05) is 13.1 Å². The smallest absolute Gasteiger partial charge is 0.211 e. The number of hydrogen-bond acceptors (Lipinski definition) is 3. The molecule has 0 radical (unpaired) electrons. The van der Waals surface area contributed by atoms with Crippen LogP contribution in [-0.2, 0) is 16.4 Å². The molecular weight excluding hydrogens is 284 g/mol. The van der Waals surface area contributed by atoms with E-state index in [0.717, 1.165) is 25.7 Å². The highest BCUT2D eigenvalue weighted by Crippen LogP contribution is 2.26. The van der Waals surface area contributed by atoms with E-state index in [1.165, 1.54) is 11.8 Å². The van der Waals surface area contributed by atoms with Crippen LogP contribution in [0.2, 0.25) is 0 Å². The Labute approximate surface area is 128 Å². The van der Waals surface area contributed by atoms with Crippen LogP contribution in [0.5, 0.6) is 0 Å². The largest absolute Gasteiger partial charge is 0.330 e. The third-order valence-corrected chi connectivity index (χ3v) is 5.59.